The summed E-state index contributed by atoms with van der Waals surface area (Å²) in [7, 11) is 0. The van der Waals surface area contributed by atoms with Gasteiger partial charge in [-0.05, 0) is 26.0 Å². The predicted octanol–water partition coefficient (Wildman–Crippen LogP) is 2.65. The van der Waals surface area contributed by atoms with E-state index in [2.05, 4.69) is 4.90 Å². The molecule has 0 amide bonds. The van der Waals surface area contributed by atoms with Crippen molar-refractivity contribution >= 4 is 5.78 Å². The molecule has 0 radical (unpaired) electrons. The van der Waals surface area contributed by atoms with Crippen molar-refractivity contribution in [2.24, 2.45) is 0 Å². The molecule has 1 fully saturated rings. The summed E-state index contributed by atoms with van der Waals surface area (Å²) < 4.78 is 31.7. The summed E-state index contributed by atoms with van der Waals surface area (Å²) in [4.78, 5) is 14.1. The maximum Gasteiger partial charge on any atom is 0.164 e. The zero-order valence-corrected chi connectivity index (χ0v) is 11.8. The highest BCUT2D eigenvalue weighted by atomic mass is 19.1. The summed E-state index contributed by atoms with van der Waals surface area (Å²) in [6, 6.07) is 2.92. The number of Topliss-reactive ketones (excluding diaryl/α,β-unsaturated/α-hetero) is 1. The zero-order chi connectivity index (χ0) is 14.8. The van der Waals surface area contributed by atoms with E-state index in [-0.39, 0.29) is 23.4 Å². The van der Waals surface area contributed by atoms with Crippen molar-refractivity contribution < 1.29 is 18.3 Å². The van der Waals surface area contributed by atoms with Crippen LogP contribution in [0.25, 0.3) is 0 Å². The SMILES string of the molecule is CC1(C)CN(CCC(=O)c2cc(F)cc(F)c2)CCO1. The van der Waals surface area contributed by atoms with Gasteiger partial charge in [-0.2, -0.15) is 0 Å². The summed E-state index contributed by atoms with van der Waals surface area (Å²) in [6.07, 6.45) is 0.249. The Bertz CT molecular complexity index is 482. The molecular formula is C15H19F2NO2. The molecule has 0 saturated carbocycles. The van der Waals surface area contributed by atoms with E-state index in [9.17, 15) is 13.6 Å². The highest BCUT2D eigenvalue weighted by molar-refractivity contribution is 5.96. The Labute approximate surface area is 117 Å². The molecule has 1 heterocycles. The van der Waals surface area contributed by atoms with E-state index < -0.39 is 11.6 Å². The molecule has 110 valence electrons. The lowest BCUT2D eigenvalue weighted by Gasteiger charge is -2.38. The van der Waals surface area contributed by atoms with Gasteiger partial charge in [-0.3, -0.25) is 9.69 Å². The predicted molar refractivity (Wildman–Crippen MR) is 71.8 cm³/mol. The number of hydrogen-bond acceptors (Lipinski definition) is 3. The summed E-state index contributed by atoms with van der Waals surface area (Å²) in [5.41, 5.74) is -0.123. The van der Waals surface area contributed by atoms with Crippen LogP contribution in [-0.4, -0.2) is 42.5 Å². The van der Waals surface area contributed by atoms with E-state index in [1.54, 1.807) is 0 Å². The van der Waals surface area contributed by atoms with Crippen LogP contribution in [0.1, 0.15) is 30.6 Å². The Kier molecular flexibility index (Phi) is 4.50. The lowest BCUT2D eigenvalue weighted by atomic mass is 10.1. The van der Waals surface area contributed by atoms with E-state index >= 15 is 0 Å². The van der Waals surface area contributed by atoms with Crippen LogP contribution in [0.2, 0.25) is 0 Å². The number of ketones is 1. The lowest BCUT2D eigenvalue weighted by molar-refractivity contribution is -0.0855. The highest BCUT2D eigenvalue weighted by Crippen LogP contribution is 2.17. The summed E-state index contributed by atoms with van der Waals surface area (Å²) in [6.45, 7) is 6.73. The Hall–Kier alpha value is -1.33. The molecule has 1 aromatic rings. The molecule has 1 saturated heterocycles. The fraction of sp³-hybridized carbons (Fsp3) is 0.533. The Morgan fingerprint density at radius 3 is 2.55 bits per heavy atom. The monoisotopic (exact) mass is 283 g/mol. The van der Waals surface area contributed by atoms with Crippen molar-refractivity contribution in [3.63, 3.8) is 0 Å². The topological polar surface area (TPSA) is 29.5 Å². The van der Waals surface area contributed by atoms with Crippen LogP contribution in [0, 0.1) is 11.6 Å². The minimum absolute atomic E-state index is 0.0926. The van der Waals surface area contributed by atoms with Gasteiger partial charge in [0.1, 0.15) is 11.6 Å². The van der Waals surface area contributed by atoms with Crippen molar-refractivity contribution in [3.8, 4) is 0 Å². The second-order valence-corrected chi connectivity index (χ2v) is 5.72. The second-order valence-electron chi connectivity index (χ2n) is 5.72. The van der Waals surface area contributed by atoms with Gasteiger partial charge in [0, 0.05) is 37.7 Å². The van der Waals surface area contributed by atoms with Gasteiger partial charge in [0.15, 0.2) is 5.78 Å². The molecule has 0 unspecified atom stereocenters. The largest absolute Gasteiger partial charge is 0.373 e. The summed E-state index contributed by atoms with van der Waals surface area (Å²) >= 11 is 0. The summed E-state index contributed by atoms with van der Waals surface area (Å²) in [5.74, 6) is -1.69. The maximum atomic E-state index is 13.1. The van der Waals surface area contributed by atoms with E-state index in [1.807, 2.05) is 13.8 Å². The Balaban J connectivity index is 1.92. The number of hydrogen-bond donors (Lipinski definition) is 0. The molecule has 3 nitrogen and oxygen atoms in total. The van der Waals surface area contributed by atoms with E-state index in [4.69, 9.17) is 4.74 Å². The molecule has 0 bridgehead atoms. The summed E-state index contributed by atoms with van der Waals surface area (Å²) in [5, 5.41) is 0. The minimum Gasteiger partial charge on any atom is -0.373 e. The smallest absolute Gasteiger partial charge is 0.164 e. The number of carbonyl (C=O) groups excluding carboxylic acids is 1. The van der Waals surface area contributed by atoms with Gasteiger partial charge in [0.05, 0.1) is 12.2 Å². The quantitative estimate of drug-likeness (QED) is 0.796. The standard InChI is InChI=1S/C15H19F2NO2/c1-15(2)10-18(5-6-20-15)4-3-14(19)11-7-12(16)9-13(17)8-11/h7-9H,3-6,10H2,1-2H3. The molecule has 20 heavy (non-hydrogen) atoms. The van der Waals surface area contributed by atoms with Crippen LogP contribution in [0.4, 0.5) is 8.78 Å². The number of halogens is 2. The molecule has 0 aromatic heterocycles. The Morgan fingerprint density at radius 2 is 1.95 bits per heavy atom. The van der Waals surface area contributed by atoms with Gasteiger partial charge in [-0.15, -0.1) is 0 Å². The van der Waals surface area contributed by atoms with Crippen LogP contribution >= 0.6 is 0 Å². The molecule has 0 aliphatic carbocycles. The van der Waals surface area contributed by atoms with Crippen molar-refractivity contribution in [1.29, 1.82) is 0 Å². The van der Waals surface area contributed by atoms with Crippen molar-refractivity contribution in [1.82, 2.24) is 4.90 Å². The van der Waals surface area contributed by atoms with E-state index in [0.29, 0.717) is 13.2 Å². The number of rotatable bonds is 4. The van der Waals surface area contributed by atoms with Gasteiger partial charge in [-0.1, -0.05) is 0 Å². The van der Waals surface area contributed by atoms with E-state index in [0.717, 1.165) is 31.3 Å². The third-order valence-electron chi connectivity index (χ3n) is 3.34. The first kappa shape index (κ1) is 15.1. The van der Waals surface area contributed by atoms with Gasteiger partial charge < -0.3 is 4.74 Å². The number of carbonyl (C=O) groups is 1. The average molecular weight is 283 g/mol. The number of nitrogens with zero attached hydrogens (tertiary/aromatic N) is 1. The van der Waals surface area contributed by atoms with Crippen molar-refractivity contribution in [3.05, 3.63) is 35.4 Å². The van der Waals surface area contributed by atoms with E-state index in [1.165, 1.54) is 0 Å². The van der Waals surface area contributed by atoms with Crippen LogP contribution in [0.15, 0.2) is 18.2 Å². The lowest BCUT2D eigenvalue weighted by Crippen LogP contribution is -2.48. The average Bonchev–Trinajstić information content (AvgIpc) is 2.33. The molecule has 0 atom stereocenters. The number of benzene rings is 1. The fourth-order valence-electron chi connectivity index (χ4n) is 2.42. The molecule has 0 spiro atoms. The number of ether oxygens (including phenoxy) is 1. The third-order valence-corrected chi connectivity index (χ3v) is 3.34. The minimum atomic E-state index is -0.721. The maximum absolute atomic E-state index is 13.1. The van der Waals surface area contributed by atoms with Crippen molar-refractivity contribution in [2.75, 3.05) is 26.2 Å². The fourth-order valence-corrected chi connectivity index (χ4v) is 2.42. The molecule has 1 aliphatic rings. The molecular weight excluding hydrogens is 264 g/mol. The zero-order valence-electron chi connectivity index (χ0n) is 11.8. The van der Waals surface area contributed by atoms with Crippen molar-refractivity contribution in [2.45, 2.75) is 25.9 Å². The first-order chi connectivity index (χ1) is 9.35. The molecule has 1 aliphatic heterocycles. The Morgan fingerprint density at radius 1 is 1.30 bits per heavy atom. The molecule has 5 heteroatoms. The molecule has 1 aromatic carbocycles. The molecule has 0 N–H and O–H groups in total. The number of morpholine rings is 1. The van der Waals surface area contributed by atoms with Gasteiger partial charge >= 0.3 is 0 Å². The first-order valence-electron chi connectivity index (χ1n) is 6.71. The van der Waals surface area contributed by atoms with Gasteiger partial charge in [-0.25, -0.2) is 8.78 Å². The van der Waals surface area contributed by atoms with Gasteiger partial charge in [0.25, 0.3) is 0 Å². The van der Waals surface area contributed by atoms with Crippen LogP contribution in [0.5, 0.6) is 0 Å². The van der Waals surface area contributed by atoms with Crippen LogP contribution in [0.3, 0.4) is 0 Å². The van der Waals surface area contributed by atoms with Gasteiger partial charge in [0.2, 0.25) is 0 Å². The van der Waals surface area contributed by atoms with Crippen LogP contribution < -0.4 is 0 Å². The third kappa shape index (κ3) is 4.08. The normalized spacial score (nSPS) is 19.0. The molecule has 2 rings (SSSR count). The second kappa shape index (κ2) is 5.97. The van der Waals surface area contributed by atoms with Crippen LogP contribution in [-0.2, 0) is 4.74 Å². The highest BCUT2D eigenvalue weighted by Gasteiger charge is 2.27. The first-order valence-corrected chi connectivity index (χ1v) is 6.71.